The zero-order valence-corrected chi connectivity index (χ0v) is 30.3. The number of hydrogen-bond donors (Lipinski definition) is 3. The number of anilines is 2. The molecule has 1 unspecified atom stereocenters. The maximum Gasteiger partial charge on any atom is 0.282 e. The lowest BCUT2D eigenvalue weighted by atomic mass is 10.0. The Balaban J connectivity index is 1.38. The van der Waals surface area contributed by atoms with E-state index in [4.69, 9.17) is 19.8 Å². The fraction of sp³-hybridized carbons (Fsp3) is 0.257. The van der Waals surface area contributed by atoms with Gasteiger partial charge in [0.2, 0.25) is 10.0 Å². The summed E-state index contributed by atoms with van der Waals surface area (Å²) in [5.41, 5.74) is 4.33. The molecule has 0 aliphatic rings. The molecule has 7 aromatic rings. The van der Waals surface area contributed by atoms with E-state index < -0.39 is 24.1 Å². The number of aromatic nitrogens is 7. The summed E-state index contributed by atoms with van der Waals surface area (Å²) in [6, 6.07) is 19.0. The van der Waals surface area contributed by atoms with Crippen LogP contribution < -0.4 is 15.6 Å². The Labute approximate surface area is 290 Å². The molecule has 15 heteroatoms. The number of para-hydroxylation sites is 1. The number of fused-ring (bicyclic) bond motifs is 3. The number of aromatic amines is 1. The summed E-state index contributed by atoms with van der Waals surface area (Å²) in [5, 5.41) is 10.0. The van der Waals surface area contributed by atoms with Crippen LogP contribution in [0, 0.1) is 0 Å². The molecular weight excluding hydrogens is 671 g/mol. The third-order valence-corrected chi connectivity index (χ3v) is 10.8. The van der Waals surface area contributed by atoms with Crippen LogP contribution in [0.1, 0.15) is 18.8 Å². The van der Waals surface area contributed by atoms with Gasteiger partial charge in [-0.25, -0.2) is 22.9 Å². The molecule has 13 nitrogen and oxygen atoms in total. The molecule has 2 aromatic carbocycles. The Bertz CT molecular complexity index is 2510. The van der Waals surface area contributed by atoms with Gasteiger partial charge < -0.3 is 19.6 Å². The maximum absolute atomic E-state index is 13.8. The predicted molar refractivity (Wildman–Crippen MR) is 200 cm³/mol. The highest BCUT2D eigenvalue weighted by Crippen LogP contribution is 2.40. The van der Waals surface area contributed by atoms with E-state index in [-0.39, 0.29) is 12.3 Å². The monoisotopic (exact) mass is 709 g/mol. The summed E-state index contributed by atoms with van der Waals surface area (Å²) in [7, 11) is -4.86. The van der Waals surface area contributed by atoms with Gasteiger partial charge in [-0.15, -0.1) is 0 Å². The molecule has 0 saturated heterocycles. The molecular formula is C35H39N9O4SSi. The van der Waals surface area contributed by atoms with Gasteiger partial charge in [-0.1, -0.05) is 37.8 Å². The topological polar surface area (TPSA) is 153 Å². The first kappa shape index (κ1) is 33.3. The maximum atomic E-state index is 13.8. The zero-order valence-electron chi connectivity index (χ0n) is 28.5. The van der Waals surface area contributed by atoms with E-state index in [9.17, 15) is 13.2 Å². The molecule has 0 fully saturated rings. The highest BCUT2D eigenvalue weighted by atomic mass is 32.2. The Morgan fingerprint density at radius 2 is 1.82 bits per heavy atom. The van der Waals surface area contributed by atoms with Crippen LogP contribution in [0.15, 0.2) is 90.4 Å². The number of nitrogens with zero attached hydrogens (tertiary/aromatic N) is 6. The lowest BCUT2D eigenvalue weighted by Crippen LogP contribution is -2.29. The fourth-order valence-electron chi connectivity index (χ4n) is 6.12. The SMILES string of the molecule is CC(Nc1ncnc2c1c(-c1cc(NS(C)(=O)=O)cc3[nH]ccc13)cn2COCC[Si](C)(C)C)c1nn2cccc2c(=O)n1-c1ccccc1. The van der Waals surface area contributed by atoms with Gasteiger partial charge in [0.25, 0.3) is 5.56 Å². The molecule has 5 aromatic heterocycles. The largest absolute Gasteiger partial charge is 0.361 e. The minimum absolute atomic E-state index is 0.194. The first-order chi connectivity index (χ1) is 23.9. The minimum Gasteiger partial charge on any atom is -0.361 e. The van der Waals surface area contributed by atoms with Crippen molar-refractivity contribution < 1.29 is 13.2 Å². The summed E-state index contributed by atoms with van der Waals surface area (Å²) >= 11 is 0. The number of benzene rings is 2. The number of ether oxygens (including phenoxy) is 1. The van der Waals surface area contributed by atoms with Crippen LogP contribution in [0.25, 0.3) is 44.3 Å². The van der Waals surface area contributed by atoms with E-state index in [2.05, 4.69) is 34.7 Å². The van der Waals surface area contributed by atoms with Crippen molar-refractivity contribution in [3.8, 4) is 16.8 Å². The second-order valence-electron chi connectivity index (χ2n) is 13.7. The van der Waals surface area contributed by atoms with Crippen molar-refractivity contribution in [3.63, 3.8) is 0 Å². The van der Waals surface area contributed by atoms with Crippen molar-refractivity contribution >= 4 is 57.1 Å². The predicted octanol–water partition coefficient (Wildman–Crippen LogP) is 6.24. The molecule has 5 heterocycles. The van der Waals surface area contributed by atoms with E-state index in [0.717, 1.165) is 34.3 Å². The van der Waals surface area contributed by atoms with Crippen LogP contribution in [0.4, 0.5) is 11.5 Å². The lowest BCUT2D eigenvalue weighted by Gasteiger charge is -2.20. The molecule has 0 radical (unpaired) electrons. The second-order valence-corrected chi connectivity index (χ2v) is 21.0. The summed E-state index contributed by atoms with van der Waals surface area (Å²) in [6.07, 6.45) is 8.17. The first-order valence-electron chi connectivity index (χ1n) is 16.3. The summed E-state index contributed by atoms with van der Waals surface area (Å²) in [6.45, 7) is 9.76. The summed E-state index contributed by atoms with van der Waals surface area (Å²) in [5.74, 6) is 1.00. The van der Waals surface area contributed by atoms with Crippen molar-refractivity contribution in [1.82, 2.24) is 33.7 Å². The van der Waals surface area contributed by atoms with E-state index in [1.807, 2.05) is 66.3 Å². The van der Waals surface area contributed by atoms with Gasteiger partial charge in [0, 0.05) is 49.7 Å². The van der Waals surface area contributed by atoms with Gasteiger partial charge in [0.1, 0.15) is 30.0 Å². The second kappa shape index (κ2) is 12.9. The molecule has 0 aliphatic carbocycles. The van der Waals surface area contributed by atoms with Gasteiger partial charge in [0.05, 0.1) is 29.1 Å². The van der Waals surface area contributed by atoms with E-state index in [1.165, 1.54) is 6.33 Å². The molecule has 258 valence electrons. The highest BCUT2D eigenvalue weighted by Gasteiger charge is 2.24. The standard InChI is InChI=1S/C35H39N9O4SSi/c1-23(33-40-43-15-9-12-30(43)35(45)44(33)25-10-7-6-8-11-25)39-32-31-28(20-42(34(31)38-21-37-32)22-48-16-17-50(3,4)5)27-18-24(41-49(2,46)47)19-29-26(27)13-14-36-29/h6-15,18-21,23,36,41H,16-17,22H2,1-5H3,(H,37,38,39). The molecule has 0 amide bonds. The molecule has 0 spiro atoms. The Kier molecular flexibility index (Phi) is 8.57. The van der Waals surface area contributed by atoms with Crippen LogP contribution in [-0.4, -0.2) is 63.1 Å². The van der Waals surface area contributed by atoms with Crippen molar-refractivity contribution in [2.24, 2.45) is 0 Å². The van der Waals surface area contributed by atoms with Gasteiger partial charge in [-0.2, -0.15) is 5.10 Å². The Hall–Kier alpha value is -5.25. The number of rotatable bonds is 12. The Morgan fingerprint density at radius 3 is 2.58 bits per heavy atom. The summed E-state index contributed by atoms with van der Waals surface area (Å²) in [4.78, 5) is 26.5. The zero-order chi connectivity index (χ0) is 35.2. The van der Waals surface area contributed by atoms with Crippen LogP contribution >= 0.6 is 0 Å². The normalized spacial score (nSPS) is 13.0. The van der Waals surface area contributed by atoms with Gasteiger partial charge in [0.15, 0.2) is 5.82 Å². The third-order valence-electron chi connectivity index (χ3n) is 8.49. The van der Waals surface area contributed by atoms with E-state index in [1.54, 1.807) is 33.5 Å². The molecule has 3 N–H and O–H groups in total. The first-order valence-corrected chi connectivity index (χ1v) is 21.9. The van der Waals surface area contributed by atoms with Crippen LogP contribution in [0.2, 0.25) is 25.7 Å². The molecule has 7 rings (SSSR count). The van der Waals surface area contributed by atoms with Gasteiger partial charge >= 0.3 is 0 Å². The molecule has 0 bridgehead atoms. The number of nitrogens with one attached hydrogen (secondary N) is 3. The average molecular weight is 710 g/mol. The Morgan fingerprint density at radius 1 is 1.02 bits per heavy atom. The number of hydrogen-bond acceptors (Lipinski definition) is 8. The average Bonchev–Trinajstić information content (AvgIpc) is 3.81. The lowest BCUT2D eigenvalue weighted by molar-refractivity contribution is 0.0899. The van der Waals surface area contributed by atoms with Crippen molar-refractivity contribution in [2.45, 2.75) is 45.4 Å². The van der Waals surface area contributed by atoms with E-state index in [0.29, 0.717) is 46.2 Å². The van der Waals surface area contributed by atoms with Crippen LogP contribution in [-0.2, 0) is 21.5 Å². The van der Waals surface area contributed by atoms with Crippen molar-refractivity contribution in [3.05, 3.63) is 102 Å². The van der Waals surface area contributed by atoms with Gasteiger partial charge in [-0.05, 0) is 61.0 Å². The molecule has 0 aliphatic heterocycles. The van der Waals surface area contributed by atoms with Crippen LogP contribution in [0.3, 0.4) is 0 Å². The third kappa shape index (κ3) is 6.66. The smallest absolute Gasteiger partial charge is 0.282 e. The fourth-order valence-corrected chi connectivity index (χ4v) is 7.42. The van der Waals surface area contributed by atoms with Gasteiger partial charge in [-0.3, -0.25) is 14.1 Å². The summed E-state index contributed by atoms with van der Waals surface area (Å²) < 4.78 is 38.5. The number of H-pyrrole nitrogens is 1. The van der Waals surface area contributed by atoms with Crippen molar-refractivity contribution in [2.75, 3.05) is 22.9 Å². The van der Waals surface area contributed by atoms with Crippen molar-refractivity contribution in [1.29, 1.82) is 0 Å². The number of sulfonamides is 1. The minimum atomic E-state index is -3.55. The molecule has 50 heavy (non-hydrogen) atoms. The quantitative estimate of drug-likeness (QED) is 0.0997. The van der Waals surface area contributed by atoms with Crippen LogP contribution in [0.5, 0.6) is 0 Å². The van der Waals surface area contributed by atoms with E-state index >= 15 is 0 Å². The molecule has 0 saturated carbocycles. The molecule has 1 atom stereocenters. The highest BCUT2D eigenvalue weighted by molar-refractivity contribution is 7.92.